The molecule has 4 nitrogen and oxygen atoms in total. The molecule has 0 fully saturated rings. The van der Waals surface area contributed by atoms with Crippen LogP contribution in [0.2, 0.25) is 0 Å². The van der Waals surface area contributed by atoms with Crippen molar-refractivity contribution in [2.75, 3.05) is 0 Å². The fraction of sp³-hybridized carbons (Fsp3) is 0.0769. The average molecular weight is 225 g/mol. The highest BCUT2D eigenvalue weighted by atomic mass is 16.3. The largest absolute Gasteiger partial charge is 0.380 e. The van der Waals surface area contributed by atoms with Crippen molar-refractivity contribution in [2.24, 2.45) is 0 Å². The van der Waals surface area contributed by atoms with E-state index >= 15 is 0 Å². The Hall–Kier alpha value is -2.20. The molecule has 1 aromatic carbocycles. The van der Waals surface area contributed by atoms with Gasteiger partial charge in [0.2, 0.25) is 0 Å². The van der Waals surface area contributed by atoms with E-state index in [0.717, 1.165) is 16.3 Å². The van der Waals surface area contributed by atoms with Crippen molar-refractivity contribution in [2.45, 2.75) is 6.10 Å². The number of nitrogens with zero attached hydrogens (tertiary/aromatic N) is 2. The molecule has 0 radical (unpaired) electrons. The Balaban J connectivity index is 2.17. The number of fused-ring (bicyclic) bond motifs is 1. The summed E-state index contributed by atoms with van der Waals surface area (Å²) >= 11 is 0. The predicted octanol–water partition coefficient (Wildman–Crippen LogP) is 2.04. The van der Waals surface area contributed by atoms with Crippen molar-refractivity contribution < 1.29 is 5.11 Å². The second-order valence-corrected chi connectivity index (χ2v) is 3.82. The van der Waals surface area contributed by atoms with Gasteiger partial charge in [-0.15, -0.1) is 0 Å². The van der Waals surface area contributed by atoms with Gasteiger partial charge in [0.1, 0.15) is 11.9 Å². The average Bonchev–Trinajstić information content (AvgIpc) is 2.91. The Bertz CT molecular complexity index is 629. The molecule has 17 heavy (non-hydrogen) atoms. The predicted molar refractivity (Wildman–Crippen MR) is 64.4 cm³/mol. The summed E-state index contributed by atoms with van der Waals surface area (Å²) in [5, 5.41) is 12.3. The summed E-state index contributed by atoms with van der Waals surface area (Å²) in [7, 11) is 0. The molecule has 0 amide bonds. The maximum atomic E-state index is 10.3. The van der Waals surface area contributed by atoms with Gasteiger partial charge in [0.05, 0.1) is 0 Å². The van der Waals surface area contributed by atoms with Gasteiger partial charge in [-0.3, -0.25) is 4.98 Å². The van der Waals surface area contributed by atoms with E-state index in [-0.39, 0.29) is 0 Å². The number of benzene rings is 1. The standard InChI is InChI=1S/C13H11N3O/c17-12(13-15-6-7-16-13)11-3-1-2-9-8-14-5-4-10(9)11/h1-8,12,17H,(H,15,16). The Labute approximate surface area is 98.0 Å². The zero-order chi connectivity index (χ0) is 11.7. The molecule has 0 spiro atoms. The van der Waals surface area contributed by atoms with Gasteiger partial charge in [-0.25, -0.2) is 4.98 Å². The Morgan fingerprint density at radius 3 is 2.94 bits per heavy atom. The summed E-state index contributed by atoms with van der Waals surface area (Å²) in [4.78, 5) is 11.1. The lowest BCUT2D eigenvalue weighted by atomic mass is 10.0. The lowest BCUT2D eigenvalue weighted by molar-refractivity contribution is 0.212. The van der Waals surface area contributed by atoms with Crippen LogP contribution in [-0.4, -0.2) is 20.1 Å². The molecular formula is C13H11N3O. The first-order valence-electron chi connectivity index (χ1n) is 5.36. The molecule has 0 bridgehead atoms. The second-order valence-electron chi connectivity index (χ2n) is 3.82. The van der Waals surface area contributed by atoms with Gasteiger partial charge >= 0.3 is 0 Å². The molecule has 1 unspecified atom stereocenters. The number of aromatic nitrogens is 3. The van der Waals surface area contributed by atoms with Gasteiger partial charge in [0.15, 0.2) is 0 Å². The van der Waals surface area contributed by atoms with Crippen molar-refractivity contribution in [3.8, 4) is 0 Å². The minimum Gasteiger partial charge on any atom is -0.380 e. The number of H-pyrrole nitrogens is 1. The first-order chi connectivity index (χ1) is 8.36. The first-order valence-corrected chi connectivity index (χ1v) is 5.36. The molecule has 2 aromatic heterocycles. The van der Waals surface area contributed by atoms with Crippen LogP contribution in [0.1, 0.15) is 17.5 Å². The molecule has 0 saturated carbocycles. The molecule has 4 heteroatoms. The van der Waals surface area contributed by atoms with E-state index in [9.17, 15) is 5.11 Å². The van der Waals surface area contributed by atoms with Gasteiger partial charge in [0.25, 0.3) is 0 Å². The maximum Gasteiger partial charge on any atom is 0.139 e. The van der Waals surface area contributed by atoms with Crippen LogP contribution in [0.5, 0.6) is 0 Å². The van der Waals surface area contributed by atoms with Crippen LogP contribution in [0.25, 0.3) is 10.8 Å². The van der Waals surface area contributed by atoms with Gasteiger partial charge in [0, 0.05) is 30.2 Å². The molecule has 0 aliphatic rings. The van der Waals surface area contributed by atoms with E-state index < -0.39 is 6.10 Å². The quantitative estimate of drug-likeness (QED) is 0.701. The number of aliphatic hydroxyl groups excluding tert-OH is 1. The van der Waals surface area contributed by atoms with Gasteiger partial charge in [-0.2, -0.15) is 0 Å². The van der Waals surface area contributed by atoms with E-state index in [1.54, 1.807) is 24.8 Å². The van der Waals surface area contributed by atoms with E-state index in [4.69, 9.17) is 0 Å². The molecule has 0 aliphatic heterocycles. The summed E-state index contributed by atoms with van der Waals surface area (Å²) in [6, 6.07) is 7.68. The van der Waals surface area contributed by atoms with Crippen LogP contribution in [-0.2, 0) is 0 Å². The minimum absolute atomic E-state index is 0.550. The van der Waals surface area contributed by atoms with Gasteiger partial charge < -0.3 is 10.1 Å². The minimum atomic E-state index is -0.740. The normalized spacial score (nSPS) is 12.8. The van der Waals surface area contributed by atoms with Crippen molar-refractivity contribution in [1.82, 2.24) is 15.0 Å². The third-order valence-electron chi connectivity index (χ3n) is 2.79. The van der Waals surface area contributed by atoms with Crippen LogP contribution in [0.3, 0.4) is 0 Å². The lowest BCUT2D eigenvalue weighted by Crippen LogP contribution is -2.02. The molecule has 1 atom stereocenters. The molecule has 3 aromatic rings. The van der Waals surface area contributed by atoms with Crippen LogP contribution in [0.4, 0.5) is 0 Å². The lowest BCUT2D eigenvalue weighted by Gasteiger charge is -2.11. The number of rotatable bonds is 2. The number of hydrogen-bond donors (Lipinski definition) is 2. The topological polar surface area (TPSA) is 61.8 Å². The van der Waals surface area contributed by atoms with Crippen LogP contribution in [0.15, 0.2) is 49.1 Å². The van der Waals surface area contributed by atoms with Crippen molar-refractivity contribution in [3.05, 3.63) is 60.4 Å². The fourth-order valence-corrected chi connectivity index (χ4v) is 1.96. The summed E-state index contributed by atoms with van der Waals surface area (Å²) in [5.41, 5.74) is 0.833. The van der Waals surface area contributed by atoms with Crippen molar-refractivity contribution >= 4 is 10.8 Å². The molecule has 3 rings (SSSR count). The molecule has 0 saturated heterocycles. The van der Waals surface area contributed by atoms with Crippen LogP contribution < -0.4 is 0 Å². The van der Waals surface area contributed by atoms with Crippen LogP contribution in [0, 0.1) is 0 Å². The summed E-state index contributed by atoms with van der Waals surface area (Å²) < 4.78 is 0. The number of hydrogen-bond acceptors (Lipinski definition) is 3. The molecular weight excluding hydrogens is 214 g/mol. The van der Waals surface area contributed by atoms with Crippen molar-refractivity contribution in [3.63, 3.8) is 0 Å². The van der Waals surface area contributed by atoms with E-state index in [0.29, 0.717) is 5.82 Å². The van der Waals surface area contributed by atoms with E-state index in [1.807, 2.05) is 24.3 Å². The van der Waals surface area contributed by atoms with Gasteiger partial charge in [-0.1, -0.05) is 18.2 Å². The summed E-state index contributed by atoms with van der Waals surface area (Å²) in [6.45, 7) is 0. The fourth-order valence-electron chi connectivity index (χ4n) is 1.96. The highest BCUT2D eigenvalue weighted by Gasteiger charge is 2.14. The Morgan fingerprint density at radius 2 is 2.12 bits per heavy atom. The number of imidazole rings is 1. The zero-order valence-corrected chi connectivity index (χ0v) is 9.04. The highest BCUT2D eigenvalue weighted by Crippen LogP contribution is 2.26. The number of aromatic amines is 1. The first kappa shape index (κ1) is 9.99. The van der Waals surface area contributed by atoms with E-state index in [2.05, 4.69) is 15.0 Å². The molecule has 0 aliphatic carbocycles. The Kier molecular flexibility index (Phi) is 2.34. The maximum absolute atomic E-state index is 10.3. The van der Waals surface area contributed by atoms with Crippen molar-refractivity contribution in [1.29, 1.82) is 0 Å². The smallest absolute Gasteiger partial charge is 0.139 e. The third-order valence-corrected chi connectivity index (χ3v) is 2.79. The summed E-state index contributed by atoms with van der Waals surface area (Å²) in [6.07, 6.45) is 6.10. The third kappa shape index (κ3) is 1.68. The second kappa shape index (κ2) is 3.99. The zero-order valence-electron chi connectivity index (χ0n) is 9.04. The Morgan fingerprint density at radius 1 is 1.18 bits per heavy atom. The number of nitrogens with one attached hydrogen (secondary N) is 1. The molecule has 2 heterocycles. The van der Waals surface area contributed by atoms with E-state index in [1.165, 1.54) is 0 Å². The highest BCUT2D eigenvalue weighted by molar-refractivity contribution is 5.85. The van der Waals surface area contributed by atoms with Crippen LogP contribution >= 0.6 is 0 Å². The monoisotopic (exact) mass is 225 g/mol. The summed E-state index contributed by atoms with van der Waals surface area (Å²) in [5.74, 6) is 0.550. The van der Waals surface area contributed by atoms with Gasteiger partial charge in [-0.05, 0) is 17.0 Å². The molecule has 2 N–H and O–H groups in total. The SMILES string of the molecule is OC(c1ncc[nH]1)c1cccc2cnccc12. The number of aliphatic hydroxyl groups is 1. The number of pyridine rings is 1. The molecule has 84 valence electrons.